The molecule has 1 saturated heterocycles. The van der Waals surface area contributed by atoms with E-state index in [1.165, 1.54) is 0 Å². The Bertz CT molecular complexity index is 208. The number of carbonyl (C=O) groups is 1. The van der Waals surface area contributed by atoms with Gasteiger partial charge in [-0.2, -0.15) is 0 Å². The highest BCUT2D eigenvalue weighted by atomic mass is 16.5. The number of rotatable bonds is 3. The average molecular weight is 198 g/mol. The van der Waals surface area contributed by atoms with E-state index < -0.39 is 0 Å². The predicted molar refractivity (Wildman–Crippen MR) is 57.3 cm³/mol. The molecule has 14 heavy (non-hydrogen) atoms. The molecule has 82 valence electrons. The van der Waals surface area contributed by atoms with E-state index in [-0.39, 0.29) is 11.5 Å². The van der Waals surface area contributed by atoms with Gasteiger partial charge >= 0.3 is 0 Å². The summed E-state index contributed by atoms with van der Waals surface area (Å²) < 4.78 is 5.85. The van der Waals surface area contributed by atoms with Crippen LogP contribution in [0.1, 0.15) is 53.4 Å². The molecule has 0 saturated carbocycles. The first-order chi connectivity index (χ1) is 6.45. The summed E-state index contributed by atoms with van der Waals surface area (Å²) >= 11 is 0. The lowest BCUT2D eigenvalue weighted by molar-refractivity contribution is -0.136. The van der Waals surface area contributed by atoms with Gasteiger partial charge < -0.3 is 4.74 Å². The molecule has 0 bridgehead atoms. The minimum Gasteiger partial charge on any atom is -0.374 e. The van der Waals surface area contributed by atoms with E-state index in [9.17, 15) is 4.79 Å². The number of carbonyl (C=O) groups excluding carboxylic acids is 1. The molecular weight excluding hydrogens is 176 g/mol. The normalized spacial score (nSPS) is 31.4. The fraction of sp³-hybridized carbons (Fsp3) is 0.917. The maximum Gasteiger partial charge on any atom is 0.135 e. The number of hydrogen-bond acceptors (Lipinski definition) is 2. The van der Waals surface area contributed by atoms with Crippen molar-refractivity contribution in [2.45, 2.75) is 65.6 Å². The zero-order chi connectivity index (χ0) is 10.8. The lowest BCUT2D eigenvalue weighted by Crippen LogP contribution is -2.41. The molecule has 2 atom stereocenters. The first-order valence-electron chi connectivity index (χ1n) is 5.63. The summed E-state index contributed by atoms with van der Waals surface area (Å²) in [4.78, 5) is 11.4. The molecule has 1 rings (SSSR count). The minimum atomic E-state index is 0.124. The molecule has 1 aliphatic heterocycles. The van der Waals surface area contributed by atoms with Gasteiger partial charge in [0.1, 0.15) is 5.78 Å². The maximum absolute atomic E-state index is 11.4. The van der Waals surface area contributed by atoms with E-state index in [1.807, 2.05) is 6.92 Å². The van der Waals surface area contributed by atoms with Gasteiger partial charge in [-0.15, -0.1) is 0 Å². The zero-order valence-electron chi connectivity index (χ0n) is 9.80. The van der Waals surface area contributed by atoms with Gasteiger partial charge in [0.25, 0.3) is 0 Å². The molecule has 0 aromatic heterocycles. The van der Waals surface area contributed by atoms with Crippen LogP contribution in [0.2, 0.25) is 0 Å². The van der Waals surface area contributed by atoms with Crippen molar-refractivity contribution < 1.29 is 9.53 Å². The van der Waals surface area contributed by atoms with Gasteiger partial charge in [0.2, 0.25) is 0 Å². The molecule has 1 aliphatic rings. The summed E-state index contributed by atoms with van der Waals surface area (Å²) in [6, 6.07) is 0. The lowest BCUT2D eigenvalue weighted by atomic mass is 9.77. The second kappa shape index (κ2) is 4.43. The first kappa shape index (κ1) is 11.7. The van der Waals surface area contributed by atoms with Crippen molar-refractivity contribution in [1.82, 2.24) is 0 Å². The second-order valence-corrected chi connectivity index (χ2v) is 5.06. The predicted octanol–water partition coefficient (Wildman–Crippen LogP) is 2.95. The molecule has 0 aromatic rings. The van der Waals surface area contributed by atoms with E-state index in [0.29, 0.717) is 24.7 Å². The molecule has 2 unspecified atom stereocenters. The van der Waals surface area contributed by atoms with Crippen molar-refractivity contribution in [3.05, 3.63) is 0 Å². The van der Waals surface area contributed by atoms with Crippen LogP contribution in [0.15, 0.2) is 0 Å². The van der Waals surface area contributed by atoms with Gasteiger partial charge in [-0.1, -0.05) is 20.8 Å². The number of Topliss-reactive ketones (excluding diaryl/α,β-unsaturated/α-hetero) is 1. The highest BCUT2D eigenvalue weighted by Gasteiger charge is 2.36. The number of hydrogen-bond donors (Lipinski definition) is 0. The van der Waals surface area contributed by atoms with Gasteiger partial charge in [-0.05, 0) is 25.2 Å². The van der Waals surface area contributed by atoms with Crippen molar-refractivity contribution in [3.63, 3.8) is 0 Å². The summed E-state index contributed by atoms with van der Waals surface area (Å²) in [5.74, 6) is 0.317. The van der Waals surface area contributed by atoms with Gasteiger partial charge in [-0.3, -0.25) is 4.79 Å². The molecule has 0 aliphatic carbocycles. The smallest absolute Gasteiger partial charge is 0.135 e. The van der Waals surface area contributed by atoms with Crippen LogP contribution in [0.25, 0.3) is 0 Å². The first-order valence-corrected chi connectivity index (χ1v) is 5.63. The number of ketones is 1. The van der Waals surface area contributed by atoms with Gasteiger partial charge in [-0.25, -0.2) is 0 Å². The van der Waals surface area contributed by atoms with Crippen molar-refractivity contribution in [1.29, 1.82) is 0 Å². The van der Waals surface area contributed by atoms with Crippen molar-refractivity contribution >= 4 is 5.78 Å². The second-order valence-electron chi connectivity index (χ2n) is 5.06. The van der Waals surface area contributed by atoms with E-state index >= 15 is 0 Å². The van der Waals surface area contributed by atoms with Crippen LogP contribution in [0, 0.1) is 5.41 Å². The van der Waals surface area contributed by atoms with Crippen LogP contribution in [0.5, 0.6) is 0 Å². The van der Waals surface area contributed by atoms with Crippen LogP contribution in [-0.2, 0) is 9.53 Å². The minimum absolute atomic E-state index is 0.124. The van der Waals surface area contributed by atoms with E-state index in [2.05, 4.69) is 20.8 Å². The molecule has 0 spiro atoms. The van der Waals surface area contributed by atoms with Crippen LogP contribution in [0.4, 0.5) is 0 Å². The summed E-state index contributed by atoms with van der Waals surface area (Å²) in [5.41, 5.74) is 0.164. The van der Waals surface area contributed by atoms with Gasteiger partial charge in [0.05, 0.1) is 12.2 Å². The van der Waals surface area contributed by atoms with Crippen LogP contribution >= 0.6 is 0 Å². The summed E-state index contributed by atoms with van der Waals surface area (Å²) in [5, 5.41) is 0. The van der Waals surface area contributed by atoms with E-state index in [4.69, 9.17) is 4.74 Å². The molecule has 2 heteroatoms. The highest BCUT2D eigenvalue weighted by molar-refractivity contribution is 5.78. The third kappa shape index (κ3) is 2.81. The third-order valence-electron chi connectivity index (χ3n) is 3.27. The zero-order valence-corrected chi connectivity index (χ0v) is 9.80. The van der Waals surface area contributed by atoms with Crippen LogP contribution in [0.3, 0.4) is 0 Å². The Morgan fingerprint density at radius 1 is 1.50 bits per heavy atom. The largest absolute Gasteiger partial charge is 0.374 e. The maximum atomic E-state index is 11.4. The van der Waals surface area contributed by atoms with Crippen LogP contribution in [-0.4, -0.2) is 18.0 Å². The Hall–Kier alpha value is -0.370. The number of ether oxygens (including phenoxy) is 1. The van der Waals surface area contributed by atoms with Crippen LogP contribution < -0.4 is 0 Å². The quantitative estimate of drug-likeness (QED) is 0.697. The molecule has 2 nitrogen and oxygen atoms in total. The fourth-order valence-electron chi connectivity index (χ4n) is 1.94. The lowest BCUT2D eigenvalue weighted by Gasteiger charge is -2.41. The van der Waals surface area contributed by atoms with Crippen molar-refractivity contribution in [2.75, 3.05) is 0 Å². The van der Waals surface area contributed by atoms with E-state index in [1.54, 1.807) is 0 Å². The summed E-state index contributed by atoms with van der Waals surface area (Å²) in [6.45, 7) is 8.42. The fourth-order valence-corrected chi connectivity index (χ4v) is 1.94. The molecule has 0 amide bonds. The Morgan fingerprint density at radius 2 is 2.14 bits per heavy atom. The molecule has 1 heterocycles. The third-order valence-corrected chi connectivity index (χ3v) is 3.27. The average Bonchev–Trinajstić information content (AvgIpc) is 2.12. The van der Waals surface area contributed by atoms with Crippen molar-refractivity contribution in [3.8, 4) is 0 Å². The Morgan fingerprint density at radius 3 is 2.71 bits per heavy atom. The molecule has 0 radical (unpaired) electrons. The van der Waals surface area contributed by atoms with Gasteiger partial charge in [0.15, 0.2) is 0 Å². The molecule has 0 N–H and O–H groups in total. The van der Waals surface area contributed by atoms with Crippen molar-refractivity contribution in [2.24, 2.45) is 5.41 Å². The standard InChI is InChI=1S/C12H22O2/c1-5-10(13)8-11-12(3,4)7-6-9(2)14-11/h9,11H,5-8H2,1-4H3. The molecular formula is C12H22O2. The van der Waals surface area contributed by atoms with E-state index in [0.717, 1.165) is 12.8 Å². The Balaban J connectivity index is 2.58. The van der Waals surface area contributed by atoms with Gasteiger partial charge in [0, 0.05) is 12.8 Å². The summed E-state index contributed by atoms with van der Waals surface area (Å²) in [6.07, 6.45) is 3.94. The topological polar surface area (TPSA) is 26.3 Å². The highest BCUT2D eigenvalue weighted by Crippen LogP contribution is 2.37. The molecule has 0 aromatic carbocycles. The molecule has 1 fully saturated rings. The SMILES string of the molecule is CCC(=O)CC1OC(C)CCC1(C)C. The monoisotopic (exact) mass is 198 g/mol. The Labute approximate surface area is 87.0 Å². The summed E-state index contributed by atoms with van der Waals surface area (Å²) in [7, 11) is 0. The Kier molecular flexibility index (Phi) is 3.71.